The Morgan fingerprint density at radius 1 is 1.06 bits per heavy atom. The van der Waals surface area contributed by atoms with Crippen LogP contribution in [0.2, 0.25) is 0 Å². The molecule has 0 fully saturated rings. The van der Waals surface area contributed by atoms with Gasteiger partial charge in [-0.05, 0) is 63.3 Å². The summed E-state index contributed by atoms with van der Waals surface area (Å²) in [7, 11) is 0. The second-order valence-corrected chi connectivity index (χ2v) is 9.36. The van der Waals surface area contributed by atoms with Gasteiger partial charge in [0.15, 0.2) is 0 Å². The molecule has 1 aromatic carbocycles. The summed E-state index contributed by atoms with van der Waals surface area (Å²) < 4.78 is 5.38. The van der Waals surface area contributed by atoms with E-state index in [-0.39, 0.29) is 23.5 Å². The van der Waals surface area contributed by atoms with E-state index in [0.29, 0.717) is 34.4 Å². The number of anilines is 1. The molecule has 0 radical (unpaired) electrons. The maximum absolute atomic E-state index is 13.0. The number of carbonyl (C=O) groups is 3. The fourth-order valence-electron chi connectivity index (χ4n) is 3.30. The summed E-state index contributed by atoms with van der Waals surface area (Å²) in [6.45, 7) is 14.4. The van der Waals surface area contributed by atoms with Crippen LogP contribution in [0, 0.1) is 6.92 Å². The fourth-order valence-corrected chi connectivity index (χ4v) is 4.46. The largest absolute Gasteiger partial charge is 0.459 e. The van der Waals surface area contributed by atoms with E-state index in [4.69, 9.17) is 4.74 Å². The van der Waals surface area contributed by atoms with Crippen molar-refractivity contribution in [2.24, 2.45) is 0 Å². The van der Waals surface area contributed by atoms with Gasteiger partial charge in [-0.3, -0.25) is 9.59 Å². The van der Waals surface area contributed by atoms with Gasteiger partial charge >= 0.3 is 5.97 Å². The highest BCUT2D eigenvalue weighted by molar-refractivity contribution is 7.18. The van der Waals surface area contributed by atoms with Crippen molar-refractivity contribution < 1.29 is 19.1 Å². The molecule has 0 spiro atoms. The first-order chi connectivity index (χ1) is 15.6. The van der Waals surface area contributed by atoms with E-state index in [9.17, 15) is 14.4 Å². The van der Waals surface area contributed by atoms with E-state index in [1.807, 2.05) is 38.1 Å². The Labute approximate surface area is 200 Å². The normalized spacial score (nSPS) is 11.3. The van der Waals surface area contributed by atoms with Gasteiger partial charge in [0.25, 0.3) is 5.91 Å². The molecule has 0 aliphatic heterocycles. The maximum atomic E-state index is 13.0. The molecule has 6 nitrogen and oxygen atoms in total. The summed E-state index contributed by atoms with van der Waals surface area (Å²) in [4.78, 5) is 40.5. The molecule has 1 aromatic heterocycles. The molecule has 0 aliphatic carbocycles. The number of rotatable bonds is 9. The number of benzene rings is 1. The standard InChI is InChI=1S/C26H34N2O4S/c1-8-28(9-2)25(30)23-18(7)22(26(31)32-17(5)6)24(33-23)27-21(29)15-12-19-10-13-20(14-11-19)16(3)4/h10-17H,8-9H2,1-7H3,(H,27,29)/b15-12+. The molecule has 0 bridgehead atoms. The smallest absolute Gasteiger partial charge is 0.341 e. The third-order valence-electron chi connectivity index (χ3n) is 5.21. The molecule has 7 heteroatoms. The lowest BCUT2D eigenvalue weighted by Crippen LogP contribution is -2.30. The van der Waals surface area contributed by atoms with E-state index in [0.717, 1.165) is 16.9 Å². The number of carbonyl (C=O) groups excluding carboxylic acids is 3. The zero-order valence-corrected chi connectivity index (χ0v) is 21.3. The highest BCUT2D eigenvalue weighted by atomic mass is 32.1. The molecule has 178 valence electrons. The number of hydrogen-bond donors (Lipinski definition) is 1. The number of nitrogens with zero attached hydrogens (tertiary/aromatic N) is 1. The van der Waals surface area contributed by atoms with Crippen molar-refractivity contribution in [2.75, 3.05) is 18.4 Å². The third-order valence-corrected chi connectivity index (χ3v) is 6.40. The number of amides is 2. The quantitative estimate of drug-likeness (QED) is 0.367. The van der Waals surface area contributed by atoms with Crippen LogP contribution in [-0.2, 0) is 9.53 Å². The van der Waals surface area contributed by atoms with Gasteiger partial charge in [0.05, 0.1) is 16.5 Å². The van der Waals surface area contributed by atoms with Crippen LogP contribution >= 0.6 is 11.3 Å². The third kappa shape index (κ3) is 6.78. The topological polar surface area (TPSA) is 75.7 Å². The molecular formula is C26H34N2O4S. The van der Waals surface area contributed by atoms with Crippen molar-refractivity contribution in [3.05, 3.63) is 57.5 Å². The first-order valence-electron chi connectivity index (χ1n) is 11.3. The number of thiophene rings is 1. The average molecular weight is 471 g/mol. The number of hydrogen-bond acceptors (Lipinski definition) is 5. The Balaban J connectivity index is 2.32. The van der Waals surface area contributed by atoms with Crippen molar-refractivity contribution in [3.63, 3.8) is 0 Å². The predicted molar refractivity (Wildman–Crippen MR) is 135 cm³/mol. The molecular weight excluding hydrogens is 436 g/mol. The summed E-state index contributed by atoms with van der Waals surface area (Å²) >= 11 is 1.11. The monoisotopic (exact) mass is 470 g/mol. The van der Waals surface area contributed by atoms with Gasteiger partial charge in [-0.2, -0.15) is 0 Å². The molecule has 1 heterocycles. The minimum absolute atomic E-state index is 0.164. The Kier molecular flexibility index (Phi) is 9.41. The lowest BCUT2D eigenvalue weighted by Gasteiger charge is -2.18. The molecule has 2 aromatic rings. The highest BCUT2D eigenvalue weighted by Crippen LogP contribution is 2.35. The molecule has 0 saturated carbocycles. The summed E-state index contributed by atoms with van der Waals surface area (Å²) in [5.41, 5.74) is 2.87. The van der Waals surface area contributed by atoms with Gasteiger partial charge in [-0.1, -0.05) is 38.1 Å². The van der Waals surface area contributed by atoms with E-state index < -0.39 is 5.97 Å². The van der Waals surface area contributed by atoms with Gasteiger partial charge in [0, 0.05) is 19.2 Å². The zero-order chi connectivity index (χ0) is 24.7. The van der Waals surface area contributed by atoms with Crippen LogP contribution in [0.3, 0.4) is 0 Å². The van der Waals surface area contributed by atoms with Crippen molar-refractivity contribution >= 4 is 40.2 Å². The van der Waals surface area contributed by atoms with Gasteiger partial charge in [-0.15, -0.1) is 11.3 Å². The van der Waals surface area contributed by atoms with Crippen LogP contribution in [0.15, 0.2) is 30.3 Å². The van der Waals surface area contributed by atoms with Gasteiger partial charge in [0.1, 0.15) is 5.00 Å². The first kappa shape index (κ1) is 26.3. The minimum atomic E-state index is -0.555. The van der Waals surface area contributed by atoms with Crippen LogP contribution in [0.5, 0.6) is 0 Å². The molecule has 0 aliphatic rings. The highest BCUT2D eigenvalue weighted by Gasteiger charge is 2.28. The molecule has 2 amide bonds. The maximum Gasteiger partial charge on any atom is 0.341 e. The van der Waals surface area contributed by atoms with Gasteiger partial charge in [-0.25, -0.2) is 4.79 Å². The molecule has 0 saturated heterocycles. The molecule has 0 unspecified atom stereocenters. The molecule has 33 heavy (non-hydrogen) atoms. The van der Waals surface area contributed by atoms with Crippen LogP contribution < -0.4 is 5.32 Å². The van der Waals surface area contributed by atoms with Crippen molar-refractivity contribution in [2.45, 2.75) is 60.5 Å². The lowest BCUT2D eigenvalue weighted by atomic mass is 10.0. The van der Waals surface area contributed by atoms with E-state index >= 15 is 0 Å². The van der Waals surface area contributed by atoms with E-state index in [2.05, 4.69) is 19.2 Å². The number of nitrogens with one attached hydrogen (secondary N) is 1. The van der Waals surface area contributed by atoms with Crippen molar-refractivity contribution in [1.82, 2.24) is 4.90 Å². The summed E-state index contributed by atoms with van der Waals surface area (Å²) in [6, 6.07) is 7.99. The second kappa shape index (κ2) is 11.8. The van der Waals surface area contributed by atoms with Crippen LogP contribution in [0.4, 0.5) is 5.00 Å². The Bertz CT molecular complexity index is 1020. The minimum Gasteiger partial charge on any atom is -0.459 e. The van der Waals surface area contributed by atoms with Crippen LogP contribution in [0.25, 0.3) is 6.08 Å². The van der Waals surface area contributed by atoms with Crippen LogP contribution in [0.1, 0.15) is 84.2 Å². The fraction of sp³-hybridized carbons (Fsp3) is 0.423. The molecule has 1 N–H and O–H groups in total. The van der Waals surface area contributed by atoms with E-state index in [1.165, 1.54) is 11.6 Å². The summed E-state index contributed by atoms with van der Waals surface area (Å²) in [5.74, 6) is -0.668. The first-order valence-corrected chi connectivity index (χ1v) is 12.1. The van der Waals surface area contributed by atoms with Crippen LogP contribution in [-0.4, -0.2) is 41.9 Å². The lowest BCUT2D eigenvalue weighted by molar-refractivity contribution is -0.111. The van der Waals surface area contributed by atoms with E-state index in [1.54, 1.807) is 31.7 Å². The van der Waals surface area contributed by atoms with Crippen molar-refractivity contribution in [3.8, 4) is 0 Å². The Morgan fingerprint density at radius 2 is 1.67 bits per heavy atom. The average Bonchev–Trinajstić information content (AvgIpc) is 3.08. The Morgan fingerprint density at radius 3 is 2.18 bits per heavy atom. The summed E-state index contributed by atoms with van der Waals surface area (Å²) in [5, 5.41) is 3.09. The van der Waals surface area contributed by atoms with Gasteiger partial charge in [0.2, 0.25) is 5.91 Å². The predicted octanol–water partition coefficient (Wildman–Crippen LogP) is 5.88. The molecule has 2 rings (SSSR count). The SMILES string of the molecule is CCN(CC)C(=O)c1sc(NC(=O)/C=C/c2ccc(C(C)C)cc2)c(C(=O)OC(C)C)c1C. The number of ether oxygens (including phenoxy) is 1. The second-order valence-electron chi connectivity index (χ2n) is 8.34. The van der Waals surface area contributed by atoms with Crippen molar-refractivity contribution in [1.29, 1.82) is 0 Å². The van der Waals surface area contributed by atoms with Gasteiger partial charge < -0.3 is 15.0 Å². The number of esters is 1. The molecule has 0 atom stereocenters. The Hall–Kier alpha value is -2.93. The zero-order valence-electron chi connectivity index (χ0n) is 20.5. The summed E-state index contributed by atoms with van der Waals surface area (Å²) in [6.07, 6.45) is 2.81.